The van der Waals surface area contributed by atoms with Gasteiger partial charge in [-0.15, -0.1) is 0 Å². The molecule has 1 aliphatic rings. The number of nitrogens with two attached hydrogens (primary N) is 1. The summed E-state index contributed by atoms with van der Waals surface area (Å²) in [5.41, 5.74) is 6.37. The Kier molecular flexibility index (Phi) is 3.20. The SMILES string of the molecule is CCN1CCC(CNc2nc(N)nc3[nH]ncc23)C1. The largest absolute Gasteiger partial charge is 0.369 e. The molecule has 1 atom stereocenters. The van der Waals surface area contributed by atoms with Gasteiger partial charge in [0.15, 0.2) is 5.65 Å². The summed E-state index contributed by atoms with van der Waals surface area (Å²) in [5, 5.41) is 11.1. The predicted molar refractivity (Wildman–Crippen MR) is 74.8 cm³/mol. The quantitative estimate of drug-likeness (QED) is 0.749. The third kappa shape index (κ3) is 2.46. The number of likely N-dealkylation sites (tertiary alicyclic amines) is 1. The molecule has 0 bridgehead atoms. The Morgan fingerprint density at radius 3 is 3.21 bits per heavy atom. The van der Waals surface area contributed by atoms with E-state index in [2.05, 4.69) is 37.3 Å². The molecule has 1 fully saturated rings. The van der Waals surface area contributed by atoms with Gasteiger partial charge in [-0.05, 0) is 25.4 Å². The van der Waals surface area contributed by atoms with Gasteiger partial charge < -0.3 is 16.0 Å². The summed E-state index contributed by atoms with van der Waals surface area (Å²) in [6.07, 6.45) is 2.96. The first-order valence-electron chi connectivity index (χ1n) is 6.69. The van der Waals surface area contributed by atoms with Crippen LogP contribution in [0.2, 0.25) is 0 Å². The van der Waals surface area contributed by atoms with Crippen molar-refractivity contribution in [3.05, 3.63) is 6.20 Å². The first-order valence-corrected chi connectivity index (χ1v) is 6.69. The van der Waals surface area contributed by atoms with Gasteiger partial charge in [0, 0.05) is 13.1 Å². The molecular formula is C12H19N7. The molecule has 0 amide bonds. The van der Waals surface area contributed by atoms with E-state index >= 15 is 0 Å². The summed E-state index contributed by atoms with van der Waals surface area (Å²) in [6.45, 7) is 6.58. The van der Waals surface area contributed by atoms with Crippen LogP contribution in [0.25, 0.3) is 11.0 Å². The lowest BCUT2D eigenvalue weighted by atomic mass is 10.1. The molecule has 1 saturated heterocycles. The van der Waals surface area contributed by atoms with Gasteiger partial charge in [-0.25, -0.2) is 0 Å². The van der Waals surface area contributed by atoms with Crippen LogP contribution in [-0.2, 0) is 0 Å². The highest BCUT2D eigenvalue weighted by Gasteiger charge is 2.21. The Morgan fingerprint density at radius 2 is 2.42 bits per heavy atom. The lowest BCUT2D eigenvalue weighted by Gasteiger charge is -2.14. The second-order valence-corrected chi connectivity index (χ2v) is 4.99. The lowest BCUT2D eigenvalue weighted by Crippen LogP contribution is -2.22. The van der Waals surface area contributed by atoms with Crippen LogP contribution in [0.15, 0.2) is 6.20 Å². The maximum Gasteiger partial charge on any atom is 0.224 e. The normalized spacial score (nSPS) is 20.2. The van der Waals surface area contributed by atoms with Gasteiger partial charge in [-0.3, -0.25) is 5.10 Å². The number of aromatic amines is 1. The lowest BCUT2D eigenvalue weighted by molar-refractivity contribution is 0.345. The van der Waals surface area contributed by atoms with Gasteiger partial charge in [0.05, 0.1) is 11.6 Å². The van der Waals surface area contributed by atoms with E-state index in [9.17, 15) is 0 Å². The molecule has 0 spiro atoms. The number of nitrogens with one attached hydrogen (secondary N) is 2. The van der Waals surface area contributed by atoms with E-state index in [1.165, 1.54) is 13.0 Å². The van der Waals surface area contributed by atoms with E-state index in [0.717, 1.165) is 30.8 Å². The highest BCUT2D eigenvalue weighted by molar-refractivity contribution is 5.86. The molecule has 2 aromatic rings. The molecular weight excluding hydrogens is 242 g/mol. The summed E-state index contributed by atoms with van der Waals surface area (Å²) < 4.78 is 0. The maximum absolute atomic E-state index is 5.69. The van der Waals surface area contributed by atoms with Gasteiger partial charge in [0.25, 0.3) is 0 Å². The van der Waals surface area contributed by atoms with E-state index in [-0.39, 0.29) is 5.95 Å². The minimum Gasteiger partial charge on any atom is -0.369 e. The van der Waals surface area contributed by atoms with Crippen LogP contribution in [0.4, 0.5) is 11.8 Å². The Labute approximate surface area is 111 Å². The Balaban J connectivity index is 1.70. The van der Waals surface area contributed by atoms with E-state index in [4.69, 9.17) is 5.73 Å². The van der Waals surface area contributed by atoms with E-state index < -0.39 is 0 Å². The van der Waals surface area contributed by atoms with Crippen LogP contribution in [-0.4, -0.2) is 51.2 Å². The van der Waals surface area contributed by atoms with Crippen molar-refractivity contribution < 1.29 is 0 Å². The number of H-pyrrole nitrogens is 1. The standard InChI is InChI=1S/C12H19N7/c1-2-19-4-3-8(7-19)5-14-10-9-6-15-18-11(9)17-12(13)16-10/h6,8H,2-5,7H2,1H3,(H4,13,14,15,16,17,18). The first-order chi connectivity index (χ1) is 9.26. The molecule has 7 nitrogen and oxygen atoms in total. The van der Waals surface area contributed by atoms with Crippen LogP contribution in [0.5, 0.6) is 0 Å². The summed E-state index contributed by atoms with van der Waals surface area (Å²) in [7, 11) is 0. The van der Waals surface area contributed by atoms with Gasteiger partial charge in [0.2, 0.25) is 5.95 Å². The van der Waals surface area contributed by atoms with Crippen LogP contribution < -0.4 is 11.1 Å². The number of hydrogen-bond acceptors (Lipinski definition) is 6. The summed E-state index contributed by atoms with van der Waals surface area (Å²) in [4.78, 5) is 10.8. The first kappa shape index (κ1) is 12.2. The Hall–Kier alpha value is -1.89. The fourth-order valence-electron chi connectivity index (χ4n) is 2.59. The molecule has 7 heteroatoms. The molecule has 4 N–H and O–H groups in total. The van der Waals surface area contributed by atoms with Crippen molar-refractivity contribution in [2.24, 2.45) is 5.92 Å². The van der Waals surface area contributed by atoms with Crippen molar-refractivity contribution >= 4 is 22.8 Å². The number of nitrogen functional groups attached to an aromatic ring is 1. The molecule has 0 aliphatic carbocycles. The topological polar surface area (TPSA) is 95.7 Å². The van der Waals surface area contributed by atoms with E-state index in [1.54, 1.807) is 6.20 Å². The van der Waals surface area contributed by atoms with Crippen LogP contribution >= 0.6 is 0 Å². The molecule has 1 unspecified atom stereocenters. The van der Waals surface area contributed by atoms with E-state index in [0.29, 0.717) is 11.6 Å². The molecule has 0 aromatic carbocycles. The minimum absolute atomic E-state index is 0.265. The zero-order valence-electron chi connectivity index (χ0n) is 11.1. The smallest absolute Gasteiger partial charge is 0.224 e. The molecule has 0 saturated carbocycles. The second kappa shape index (κ2) is 5.00. The Morgan fingerprint density at radius 1 is 1.53 bits per heavy atom. The number of aromatic nitrogens is 4. The number of nitrogens with zero attached hydrogens (tertiary/aromatic N) is 4. The highest BCUT2D eigenvalue weighted by atomic mass is 15.2. The van der Waals surface area contributed by atoms with Gasteiger partial charge in [0.1, 0.15) is 5.82 Å². The number of rotatable bonds is 4. The zero-order valence-corrected chi connectivity index (χ0v) is 11.1. The molecule has 102 valence electrons. The van der Waals surface area contributed by atoms with Crippen molar-refractivity contribution in [1.82, 2.24) is 25.1 Å². The molecule has 19 heavy (non-hydrogen) atoms. The van der Waals surface area contributed by atoms with Crippen molar-refractivity contribution in [3.63, 3.8) is 0 Å². The number of anilines is 2. The molecule has 2 aromatic heterocycles. The van der Waals surface area contributed by atoms with Crippen molar-refractivity contribution in [3.8, 4) is 0 Å². The van der Waals surface area contributed by atoms with Gasteiger partial charge in [-0.2, -0.15) is 15.1 Å². The van der Waals surface area contributed by atoms with Crippen molar-refractivity contribution in [1.29, 1.82) is 0 Å². The summed E-state index contributed by atoms with van der Waals surface area (Å²) in [5.74, 6) is 1.70. The van der Waals surface area contributed by atoms with Crippen molar-refractivity contribution in [2.45, 2.75) is 13.3 Å². The fraction of sp³-hybridized carbons (Fsp3) is 0.583. The third-order valence-electron chi connectivity index (χ3n) is 3.70. The zero-order chi connectivity index (χ0) is 13.2. The maximum atomic E-state index is 5.69. The molecule has 1 aliphatic heterocycles. The summed E-state index contributed by atoms with van der Waals surface area (Å²) >= 11 is 0. The van der Waals surface area contributed by atoms with Gasteiger partial charge in [-0.1, -0.05) is 6.92 Å². The van der Waals surface area contributed by atoms with Crippen LogP contribution in [0, 0.1) is 5.92 Å². The molecule has 0 radical (unpaired) electrons. The predicted octanol–water partition coefficient (Wildman–Crippen LogP) is 0.689. The number of hydrogen-bond donors (Lipinski definition) is 3. The molecule has 3 rings (SSSR count). The van der Waals surface area contributed by atoms with Crippen LogP contribution in [0.3, 0.4) is 0 Å². The Bertz CT molecular complexity index is 564. The molecule has 3 heterocycles. The van der Waals surface area contributed by atoms with Crippen molar-refractivity contribution in [2.75, 3.05) is 37.2 Å². The van der Waals surface area contributed by atoms with E-state index in [1.807, 2.05) is 0 Å². The average molecular weight is 261 g/mol. The minimum atomic E-state index is 0.265. The highest BCUT2D eigenvalue weighted by Crippen LogP contribution is 2.21. The van der Waals surface area contributed by atoms with Crippen LogP contribution in [0.1, 0.15) is 13.3 Å². The average Bonchev–Trinajstić information content (AvgIpc) is 3.03. The van der Waals surface area contributed by atoms with Gasteiger partial charge >= 0.3 is 0 Å². The number of fused-ring (bicyclic) bond motifs is 1. The fourth-order valence-corrected chi connectivity index (χ4v) is 2.59. The monoisotopic (exact) mass is 261 g/mol. The second-order valence-electron chi connectivity index (χ2n) is 4.99. The summed E-state index contributed by atoms with van der Waals surface area (Å²) in [6, 6.07) is 0. The third-order valence-corrected chi connectivity index (χ3v) is 3.70.